The zero-order valence-electron chi connectivity index (χ0n) is 11.6. The minimum Gasteiger partial charge on any atom is -0.307 e. The molecule has 2 fully saturated rings. The van der Waals surface area contributed by atoms with Gasteiger partial charge in [-0.05, 0) is 57.3 Å². The fraction of sp³-hybridized carbons (Fsp3) is 0.625. The zero-order valence-corrected chi connectivity index (χ0v) is 12.4. The lowest BCUT2D eigenvalue weighted by molar-refractivity contribution is 0.162. The Labute approximate surface area is 121 Å². The van der Waals surface area contributed by atoms with Gasteiger partial charge in [-0.1, -0.05) is 29.8 Å². The third-order valence-electron chi connectivity index (χ3n) is 4.68. The number of halogens is 1. The van der Waals surface area contributed by atoms with Crippen molar-refractivity contribution in [3.63, 3.8) is 0 Å². The first-order valence-electron chi connectivity index (χ1n) is 7.48. The maximum absolute atomic E-state index is 6.28. The molecule has 2 nitrogen and oxygen atoms in total. The molecular weight excluding hydrogens is 256 g/mol. The number of piperidine rings is 1. The van der Waals surface area contributed by atoms with E-state index in [0.717, 1.165) is 11.1 Å². The summed E-state index contributed by atoms with van der Waals surface area (Å²) in [7, 11) is 0. The van der Waals surface area contributed by atoms with Crippen LogP contribution in [0, 0.1) is 0 Å². The summed E-state index contributed by atoms with van der Waals surface area (Å²) in [6.45, 7) is 4.80. The van der Waals surface area contributed by atoms with Gasteiger partial charge in [0.1, 0.15) is 0 Å². The fourth-order valence-corrected chi connectivity index (χ4v) is 3.94. The van der Waals surface area contributed by atoms with Gasteiger partial charge in [0.15, 0.2) is 0 Å². The lowest BCUT2D eigenvalue weighted by Crippen LogP contribution is -2.46. The first kappa shape index (κ1) is 13.4. The summed E-state index contributed by atoms with van der Waals surface area (Å²) >= 11 is 6.28. The normalized spacial score (nSPS) is 29.2. The molecule has 0 spiro atoms. The number of hydrogen-bond acceptors (Lipinski definition) is 2. The predicted octanol–water partition coefficient (Wildman–Crippen LogP) is 3.62. The highest BCUT2D eigenvalue weighted by molar-refractivity contribution is 6.31. The van der Waals surface area contributed by atoms with Gasteiger partial charge in [0.05, 0.1) is 0 Å². The standard InChI is InChI=1S/C16H23ClN2/c1-12(15-6-2-3-7-16(15)17)18-13-8-10-19-9-4-5-14(19)11-13/h2-3,6-7,12-14,18H,4-5,8-11H2,1H3/t12-,13?,14?/m1/s1. The molecule has 2 heterocycles. The van der Waals surface area contributed by atoms with Crippen molar-refractivity contribution in [1.82, 2.24) is 10.2 Å². The highest BCUT2D eigenvalue weighted by atomic mass is 35.5. The third kappa shape index (κ3) is 2.96. The molecule has 1 aromatic carbocycles. The van der Waals surface area contributed by atoms with Crippen molar-refractivity contribution in [2.45, 2.75) is 50.7 Å². The highest BCUT2D eigenvalue weighted by Gasteiger charge is 2.32. The van der Waals surface area contributed by atoms with E-state index in [0.29, 0.717) is 12.1 Å². The van der Waals surface area contributed by atoms with Crippen LogP contribution in [0.25, 0.3) is 0 Å². The average Bonchev–Trinajstić information content (AvgIpc) is 2.86. The Morgan fingerprint density at radius 3 is 2.95 bits per heavy atom. The molecule has 0 radical (unpaired) electrons. The lowest BCUT2D eigenvalue weighted by Gasteiger charge is -2.36. The van der Waals surface area contributed by atoms with E-state index in [-0.39, 0.29) is 0 Å². The van der Waals surface area contributed by atoms with Gasteiger partial charge in [-0.2, -0.15) is 0 Å². The average molecular weight is 279 g/mol. The van der Waals surface area contributed by atoms with Crippen LogP contribution in [0.1, 0.15) is 44.2 Å². The highest BCUT2D eigenvalue weighted by Crippen LogP contribution is 2.29. The Bertz CT molecular complexity index is 435. The van der Waals surface area contributed by atoms with Crippen molar-refractivity contribution in [1.29, 1.82) is 0 Å². The molecule has 2 saturated heterocycles. The molecule has 0 saturated carbocycles. The first-order valence-corrected chi connectivity index (χ1v) is 7.86. The Kier molecular flexibility index (Phi) is 4.11. The van der Waals surface area contributed by atoms with Crippen LogP contribution in [-0.4, -0.2) is 30.1 Å². The second-order valence-electron chi connectivity index (χ2n) is 5.96. The zero-order chi connectivity index (χ0) is 13.2. The van der Waals surface area contributed by atoms with Gasteiger partial charge in [-0.3, -0.25) is 0 Å². The molecule has 104 valence electrons. The number of benzene rings is 1. The number of nitrogens with one attached hydrogen (secondary N) is 1. The van der Waals surface area contributed by atoms with Crippen LogP contribution in [0.15, 0.2) is 24.3 Å². The molecule has 1 aromatic rings. The summed E-state index contributed by atoms with van der Waals surface area (Å²) in [5, 5.41) is 4.65. The molecule has 0 bridgehead atoms. The Morgan fingerprint density at radius 1 is 1.26 bits per heavy atom. The van der Waals surface area contributed by atoms with Gasteiger partial charge in [0.2, 0.25) is 0 Å². The van der Waals surface area contributed by atoms with Gasteiger partial charge < -0.3 is 10.2 Å². The molecule has 1 N–H and O–H groups in total. The summed E-state index contributed by atoms with van der Waals surface area (Å²) in [6, 6.07) is 9.98. The van der Waals surface area contributed by atoms with Crippen LogP contribution >= 0.6 is 11.6 Å². The van der Waals surface area contributed by atoms with Crippen LogP contribution in [0.5, 0.6) is 0 Å². The summed E-state index contributed by atoms with van der Waals surface area (Å²) in [5.41, 5.74) is 1.22. The number of nitrogens with zero attached hydrogens (tertiary/aromatic N) is 1. The molecule has 0 amide bonds. The molecule has 2 unspecified atom stereocenters. The third-order valence-corrected chi connectivity index (χ3v) is 5.02. The lowest BCUT2D eigenvalue weighted by atomic mass is 9.96. The second kappa shape index (κ2) is 5.82. The van der Waals surface area contributed by atoms with Gasteiger partial charge in [-0.15, -0.1) is 0 Å². The van der Waals surface area contributed by atoms with E-state index in [9.17, 15) is 0 Å². The maximum Gasteiger partial charge on any atom is 0.0453 e. The topological polar surface area (TPSA) is 15.3 Å². The molecule has 2 aliphatic heterocycles. The fourth-order valence-electron chi connectivity index (χ4n) is 3.65. The minimum atomic E-state index is 0.339. The molecule has 0 aliphatic carbocycles. The largest absolute Gasteiger partial charge is 0.307 e. The van der Waals surface area contributed by atoms with Crippen LogP contribution in [0.3, 0.4) is 0 Å². The molecule has 3 atom stereocenters. The summed E-state index contributed by atoms with van der Waals surface area (Å²) in [4.78, 5) is 2.67. The summed E-state index contributed by atoms with van der Waals surface area (Å²) < 4.78 is 0. The molecule has 2 aliphatic rings. The summed E-state index contributed by atoms with van der Waals surface area (Å²) in [5.74, 6) is 0. The Morgan fingerprint density at radius 2 is 2.11 bits per heavy atom. The van der Waals surface area contributed by atoms with Crippen LogP contribution in [-0.2, 0) is 0 Å². The smallest absolute Gasteiger partial charge is 0.0453 e. The first-order chi connectivity index (χ1) is 9.24. The van der Waals surface area contributed by atoms with Crippen molar-refractivity contribution >= 4 is 11.6 Å². The van der Waals surface area contributed by atoms with Gasteiger partial charge in [0.25, 0.3) is 0 Å². The van der Waals surface area contributed by atoms with Gasteiger partial charge in [0, 0.05) is 23.1 Å². The molecule has 19 heavy (non-hydrogen) atoms. The summed E-state index contributed by atoms with van der Waals surface area (Å²) in [6.07, 6.45) is 5.34. The SMILES string of the molecule is C[C@@H](NC1CCN2CCCC2C1)c1ccccc1Cl. The Hall–Kier alpha value is -0.570. The molecule has 3 heteroatoms. The number of fused-ring (bicyclic) bond motifs is 1. The van der Waals surface area contributed by atoms with E-state index in [1.165, 1.54) is 44.3 Å². The monoisotopic (exact) mass is 278 g/mol. The van der Waals surface area contributed by atoms with E-state index >= 15 is 0 Å². The molecule has 3 rings (SSSR count). The van der Waals surface area contributed by atoms with Crippen LogP contribution < -0.4 is 5.32 Å². The van der Waals surface area contributed by atoms with Crippen molar-refractivity contribution in [3.05, 3.63) is 34.9 Å². The number of rotatable bonds is 3. The molecular formula is C16H23ClN2. The van der Waals surface area contributed by atoms with Crippen molar-refractivity contribution in [2.24, 2.45) is 0 Å². The van der Waals surface area contributed by atoms with E-state index < -0.39 is 0 Å². The van der Waals surface area contributed by atoms with Gasteiger partial charge in [-0.25, -0.2) is 0 Å². The maximum atomic E-state index is 6.28. The van der Waals surface area contributed by atoms with Crippen LogP contribution in [0.4, 0.5) is 0 Å². The van der Waals surface area contributed by atoms with Crippen LogP contribution in [0.2, 0.25) is 5.02 Å². The molecule has 0 aromatic heterocycles. The quantitative estimate of drug-likeness (QED) is 0.909. The predicted molar refractivity (Wildman–Crippen MR) is 80.6 cm³/mol. The van der Waals surface area contributed by atoms with E-state index in [2.05, 4.69) is 29.3 Å². The van der Waals surface area contributed by atoms with E-state index in [1.54, 1.807) is 0 Å². The number of hydrogen-bond donors (Lipinski definition) is 1. The van der Waals surface area contributed by atoms with E-state index in [4.69, 9.17) is 11.6 Å². The van der Waals surface area contributed by atoms with Crippen molar-refractivity contribution in [2.75, 3.05) is 13.1 Å². The van der Waals surface area contributed by atoms with Crippen molar-refractivity contribution in [3.8, 4) is 0 Å². The van der Waals surface area contributed by atoms with Gasteiger partial charge >= 0.3 is 0 Å². The van der Waals surface area contributed by atoms with Crippen molar-refractivity contribution < 1.29 is 0 Å². The van der Waals surface area contributed by atoms with E-state index in [1.807, 2.05) is 12.1 Å². The Balaban J connectivity index is 1.61. The minimum absolute atomic E-state index is 0.339. The second-order valence-corrected chi connectivity index (χ2v) is 6.37.